The fraction of sp³-hybridized carbons (Fsp3) is 0.111. The van der Waals surface area contributed by atoms with Gasteiger partial charge in [-0.1, -0.05) is 40.7 Å². The summed E-state index contributed by atoms with van der Waals surface area (Å²) in [6.07, 6.45) is 3.15. The second-order valence-electron chi connectivity index (χ2n) is 7.20. The van der Waals surface area contributed by atoms with E-state index in [1.807, 2.05) is 36.4 Å². The van der Waals surface area contributed by atoms with Crippen molar-refractivity contribution in [3.05, 3.63) is 98.1 Å². The van der Waals surface area contributed by atoms with Crippen LogP contribution in [0.3, 0.4) is 0 Å². The van der Waals surface area contributed by atoms with Crippen molar-refractivity contribution < 1.29 is 19.0 Å². The van der Waals surface area contributed by atoms with E-state index in [4.69, 9.17) is 14.2 Å². The van der Waals surface area contributed by atoms with Gasteiger partial charge in [0.2, 0.25) is 0 Å². The predicted molar refractivity (Wildman–Crippen MR) is 149 cm³/mol. The van der Waals surface area contributed by atoms with Crippen molar-refractivity contribution in [3.8, 4) is 23.3 Å². The van der Waals surface area contributed by atoms with Crippen LogP contribution in [-0.4, -0.2) is 19.6 Å². The summed E-state index contributed by atoms with van der Waals surface area (Å²) in [6.45, 7) is 4.41. The molecule has 0 aromatic heterocycles. The lowest BCUT2D eigenvalue weighted by Crippen LogP contribution is -2.13. The Morgan fingerprint density at radius 3 is 2.49 bits per heavy atom. The lowest BCUT2D eigenvalue weighted by Gasteiger charge is -2.12. The molecule has 1 amide bonds. The number of rotatable bonds is 10. The Morgan fingerprint density at radius 1 is 1.14 bits per heavy atom. The summed E-state index contributed by atoms with van der Waals surface area (Å²) in [5.74, 6) is 1.23. The second-order valence-corrected chi connectivity index (χ2v) is 9.28. The molecule has 0 aliphatic heterocycles. The van der Waals surface area contributed by atoms with Gasteiger partial charge in [0, 0.05) is 10.2 Å². The zero-order chi connectivity index (χ0) is 25.2. The number of amides is 1. The standard InChI is InChI=1S/C27H22BrIN2O4/c1-3-12-34-26-24(29)14-19(15-25(26)33-2)13-20(16-30)27(32)31-22-8-10-23(11-9-22)35-17-18-4-6-21(28)7-5-18/h3-11,13-15H,1,12,17H2,2H3,(H,31,32)/b20-13+. The van der Waals surface area contributed by atoms with Crippen LogP contribution >= 0.6 is 38.5 Å². The van der Waals surface area contributed by atoms with Crippen LogP contribution in [0, 0.1) is 14.9 Å². The van der Waals surface area contributed by atoms with Crippen molar-refractivity contribution in [1.82, 2.24) is 0 Å². The van der Waals surface area contributed by atoms with E-state index >= 15 is 0 Å². The molecule has 178 valence electrons. The summed E-state index contributed by atoms with van der Waals surface area (Å²) in [4.78, 5) is 12.7. The third-order valence-corrected chi connectivity index (χ3v) is 6.03. The number of nitriles is 1. The summed E-state index contributed by atoms with van der Waals surface area (Å²) in [5.41, 5.74) is 2.19. The first kappa shape index (κ1) is 26.3. The zero-order valence-electron chi connectivity index (χ0n) is 18.9. The van der Waals surface area contributed by atoms with E-state index in [9.17, 15) is 10.1 Å². The fourth-order valence-corrected chi connectivity index (χ4v) is 4.05. The van der Waals surface area contributed by atoms with E-state index in [2.05, 4.69) is 50.4 Å². The molecule has 0 spiro atoms. The van der Waals surface area contributed by atoms with Crippen molar-refractivity contribution in [2.75, 3.05) is 19.0 Å². The Balaban J connectivity index is 1.68. The summed E-state index contributed by atoms with van der Waals surface area (Å²) in [5, 5.41) is 12.3. The highest BCUT2D eigenvalue weighted by Crippen LogP contribution is 2.34. The molecule has 0 heterocycles. The highest BCUT2D eigenvalue weighted by molar-refractivity contribution is 14.1. The van der Waals surface area contributed by atoms with Gasteiger partial charge in [-0.25, -0.2) is 0 Å². The third kappa shape index (κ3) is 7.60. The maximum absolute atomic E-state index is 12.7. The second kappa shape index (κ2) is 13.0. The topological polar surface area (TPSA) is 80.6 Å². The average Bonchev–Trinajstić information content (AvgIpc) is 2.86. The van der Waals surface area contributed by atoms with Crippen LogP contribution in [0.25, 0.3) is 6.08 Å². The van der Waals surface area contributed by atoms with Gasteiger partial charge >= 0.3 is 0 Å². The van der Waals surface area contributed by atoms with E-state index in [1.165, 1.54) is 13.2 Å². The highest BCUT2D eigenvalue weighted by Gasteiger charge is 2.14. The fourth-order valence-electron chi connectivity index (χ4n) is 3.00. The number of methoxy groups -OCH3 is 1. The molecule has 0 bridgehead atoms. The summed E-state index contributed by atoms with van der Waals surface area (Å²) in [7, 11) is 1.53. The van der Waals surface area contributed by atoms with E-state index in [1.54, 1.807) is 36.4 Å². The molecule has 0 unspecified atom stereocenters. The average molecular weight is 645 g/mol. The Morgan fingerprint density at radius 2 is 1.86 bits per heavy atom. The molecular formula is C27H22BrIN2O4. The van der Waals surface area contributed by atoms with Gasteiger partial charge in [-0.15, -0.1) is 0 Å². The number of hydrogen-bond donors (Lipinski definition) is 1. The first-order chi connectivity index (χ1) is 16.9. The van der Waals surface area contributed by atoms with Gasteiger partial charge in [0.25, 0.3) is 5.91 Å². The van der Waals surface area contributed by atoms with Crippen molar-refractivity contribution in [3.63, 3.8) is 0 Å². The lowest BCUT2D eigenvalue weighted by molar-refractivity contribution is -0.112. The van der Waals surface area contributed by atoms with Gasteiger partial charge < -0.3 is 19.5 Å². The van der Waals surface area contributed by atoms with Crippen molar-refractivity contribution in [2.24, 2.45) is 0 Å². The van der Waals surface area contributed by atoms with Crippen LogP contribution in [0.5, 0.6) is 17.2 Å². The molecule has 0 aliphatic carbocycles. The van der Waals surface area contributed by atoms with Gasteiger partial charge in [0.1, 0.15) is 30.6 Å². The number of anilines is 1. The predicted octanol–water partition coefficient (Wildman–Crippen LogP) is 6.75. The quantitative estimate of drug-likeness (QED) is 0.114. The van der Waals surface area contributed by atoms with Gasteiger partial charge in [-0.3, -0.25) is 4.79 Å². The molecule has 0 atom stereocenters. The maximum atomic E-state index is 12.7. The summed E-state index contributed by atoms with van der Waals surface area (Å²) in [6, 6.07) is 20.3. The first-order valence-corrected chi connectivity index (χ1v) is 12.3. The van der Waals surface area contributed by atoms with Gasteiger partial charge in [-0.05, 0) is 88.3 Å². The Kier molecular flexibility index (Phi) is 9.76. The minimum Gasteiger partial charge on any atom is -0.493 e. The van der Waals surface area contributed by atoms with Crippen LogP contribution in [-0.2, 0) is 11.4 Å². The van der Waals surface area contributed by atoms with Crippen LogP contribution in [0.1, 0.15) is 11.1 Å². The molecule has 0 radical (unpaired) electrons. The third-order valence-electron chi connectivity index (χ3n) is 4.70. The number of nitrogens with one attached hydrogen (secondary N) is 1. The molecule has 0 aliphatic rings. The first-order valence-electron chi connectivity index (χ1n) is 10.4. The number of carbonyl (C=O) groups is 1. The number of benzene rings is 3. The number of halogens is 2. The Bertz CT molecular complexity index is 1270. The Hall–Kier alpha value is -3.29. The van der Waals surface area contributed by atoms with Crippen LogP contribution < -0.4 is 19.5 Å². The molecule has 0 saturated carbocycles. The number of hydrogen-bond acceptors (Lipinski definition) is 5. The van der Waals surface area contributed by atoms with E-state index < -0.39 is 5.91 Å². The van der Waals surface area contributed by atoms with Crippen LogP contribution in [0.2, 0.25) is 0 Å². The number of carbonyl (C=O) groups excluding carboxylic acids is 1. The maximum Gasteiger partial charge on any atom is 0.266 e. The highest BCUT2D eigenvalue weighted by atomic mass is 127. The molecular weight excluding hydrogens is 623 g/mol. The molecule has 0 fully saturated rings. The zero-order valence-corrected chi connectivity index (χ0v) is 22.6. The van der Waals surface area contributed by atoms with E-state index in [-0.39, 0.29) is 5.57 Å². The van der Waals surface area contributed by atoms with Crippen molar-refractivity contribution in [2.45, 2.75) is 6.61 Å². The van der Waals surface area contributed by atoms with E-state index in [0.717, 1.165) is 13.6 Å². The van der Waals surface area contributed by atoms with Crippen molar-refractivity contribution >= 4 is 56.2 Å². The van der Waals surface area contributed by atoms with Gasteiger partial charge in [0.05, 0.1) is 10.7 Å². The van der Waals surface area contributed by atoms with Crippen molar-refractivity contribution in [1.29, 1.82) is 5.26 Å². The van der Waals surface area contributed by atoms with Gasteiger partial charge in [0.15, 0.2) is 11.5 Å². The smallest absolute Gasteiger partial charge is 0.266 e. The largest absolute Gasteiger partial charge is 0.493 e. The van der Waals surface area contributed by atoms with Gasteiger partial charge in [-0.2, -0.15) is 5.26 Å². The monoisotopic (exact) mass is 644 g/mol. The molecule has 35 heavy (non-hydrogen) atoms. The molecule has 1 N–H and O–H groups in total. The normalized spacial score (nSPS) is 10.7. The van der Waals surface area contributed by atoms with E-state index in [0.29, 0.717) is 41.7 Å². The SMILES string of the molecule is C=CCOc1c(I)cc(/C=C(\C#N)C(=O)Nc2ccc(OCc3ccc(Br)cc3)cc2)cc1OC. The lowest BCUT2D eigenvalue weighted by atomic mass is 10.1. The molecule has 3 rings (SSSR count). The molecule has 3 aromatic rings. The van der Waals surface area contributed by atoms with Crippen LogP contribution in [0.4, 0.5) is 5.69 Å². The number of ether oxygens (including phenoxy) is 3. The summed E-state index contributed by atoms with van der Waals surface area (Å²) < 4.78 is 18.6. The molecule has 3 aromatic carbocycles. The Labute approximate surface area is 226 Å². The molecule has 0 saturated heterocycles. The van der Waals surface area contributed by atoms with Crippen LogP contribution in [0.15, 0.2) is 83.4 Å². The summed E-state index contributed by atoms with van der Waals surface area (Å²) >= 11 is 5.53. The number of nitrogens with zero attached hydrogens (tertiary/aromatic N) is 1. The minimum absolute atomic E-state index is 0.0434. The molecule has 6 nitrogen and oxygen atoms in total. The minimum atomic E-state index is -0.517. The molecule has 8 heteroatoms.